The zero-order chi connectivity index (χ0) is 13.9. The minimum atomic E-state index is -0.534. The maximum atomic E-state index is 13.8. The summed E-state index contributed by atoms with van der Waals surface area (Å²) >= 11 is 5.24. The lowest BCUT2D eigenvalue weighted by Crippen LogP contribution is -2.16. The number of esters is 1. The number of carbonyl (C=O) groups excluding carboxylic acids is 1. The zero-order valence-corrected chi connectivity index (χ0v) is 13.8. The monoisotopic (exact) mass is 429 g/mol. The van der Waals surface area contributed by atoms with Crippen molar-refractivity contribution in [2.45, 2.75) is 25.8 Å². The van der Waals surface area contributed by atoms with Crippen LogP contribution in [0, 0.1) is 9.39 Å². The molecule has 0 radical (unpaired) electrons. The molecule has 0 bridgehead atoms. The normalized spacial score (nSPS) is 12.3. The summed E-state index contributed by atoms with van der Waals surface area (Å²) in [7, 11) is 1.28. The summed E-state index contributed by atoms with van der Waals surface area (Å²) in [6, 6.07) is 1.21. The van der Waals surface area contributed by atoms with E-state index in [1.54, 1.807) is 0 Å². The lowest BCUT2D eigenvalue weighted by molar-refractivity contribution is 0.0598. The first-order valence-corrected chi connectivity index (χ1v) is 7.26. The van der Waals surface area contributed by atoms with Gasteiger partial charge in [-0.1, -0.05) is 0 Å². The minimum absolute atomic E-state index is 0.0255. The second kappa shape index (κ2) is 6.81. The maximum absolute atomic E-state index is 13.8. The van der Waals surface area contributed by atoms with Gasteiger partial charge in [0.2, 0.25) is 0 Å². The zero-order valence-electron chi connectivity index (χ0n) is 10.1. The van der Waals surface area contributed by atoms with Crippen LogP contribution in [-0.2, 0) is 11.2 Å². The smallest absolute Gasteiger partial charge is 0.339 e. The van der Waals surface area contributed by atoms with Crippen LogP contribution in [0.25, 0.3) is 0 Å². The fourth-order valence-corrected chi connectivity index (χ4v) is 3.30. The summed E-state index contributed by atoms with van der Waals surface area (Å²) in [4.78, 5) is 11.6. The molecule has 3 nitrogen and oxygen atoms in total. The van der Waals surface area contributed by atoms with Crippen LogP contribution in [0.2, 0.25) is 0 Å². The summed E-state index contributed by atoms with van der Waals surface area (Å²) in [6.07, 6.45) is 1.33. The van der Waals surface area contributed by atoms with Crippen molar-refractivity contribution in [3.05, 3.63) is 31.1 Å². The fourth-order valence-electron chi connectivity index (χ4n) is 1.51. The average molecular weight is 430 g/mol. The van der Waals surface area contributed by atoms with Crippen LogP contribution < -0.4 is 5.73 Å². The van der Waals surface area contributed by atoms with Gasteiger partial charge in [-0.2, -0.15) is 0 Å². The summed E-state index contributed by atoms with van der Waals surface area (Å²) in [5.74, 6) is -0.997. The van der Waals surface area contributed by atoms with E-state index in [9.17, 15) is 9.18 Å². The summed E-state index contributed by atoms with van der Waals surface area (Å²) < 4.78 is 19.5. The van der Waals surface area contributed by atoms with Crippen LogP contribution in [-0.4, -0.2) is 19.1 Å². The number of rotatable bonds is 4. The molecule has 0 saturated heterocycles. The van der Waals surface area contributed by atoms with Crippen molar-refractivity contribution in [3.63, 3.8) is 0 Å². The molecule has 0 aromatic heterocycles. The first-order chi connectivity index (χ1) is 8.38. The molecule has 0 aliphatic carbocycles. The number of carbonyl (C=O) groups is 1. The van der Waals surface area contributed by atoms with E-state index in [0.717, 1.165) is 12.0 Å². The number of hydrogen-bond donors (Lipinski definition) is 1. The van der Waals surface area contributed by atoms with Gasteiger partial charge >= 0.3 is 5.97 Å². The molecule has 1 rings (SSSR count). The molecule has 0 fully saturated rings. The van der Waals surface area contributed by atoms with E-state index < -0.39 is 11.8 Å². The molecule has 0 heterocycles. The third kappa shape index (κ3) is 3.64. The molecular weight excluding hydrogens is 416 g/mol. The minimum Gasteiger partial charge on any atom is -0.465 e. The van der Waals surface area contributed by atoms with Gasteiger partial charge in [0, 0.05) is 9.61 Å². The van der Waals surface area contributed by atoms with E-state index in [-0.39, 0.29) is 11.6 Å². The van der Waals surface area contributed by atoms with Gasteiger partial charge in [-0.25, -0.2) is 9.18 Å². The molecule has 1 aromatic carbocycles. The molecule has 6 heteroatoms. The topological polar surface area (TPSA) is 52.3 Å². The number of methoxy groups -OCH3 is 1. The largest absolute Gasteiger partial charge is 0.465 e. The molecular formula is C12H14BrFINO2. The van der Waals surface area contributed by atoms with Gasteiger partial charge in [0.25, 0.3) is 0 Å². The van der Waals surface area contributed by atoms with E-state index in [1.165, 1.54) is 13.2 Å². The highest BCUT2D eigenvalue weighted by molar-refractivity contribution is 14.1. The Morgan fingerprint density at radius 2 is 2.28 bits per heavy atom. The first kappa shape index (κ1) is 15.8. The molecule has 0 aliphatic rings. The van der Waals surface area contributed by atoms with Gasteiger partial charge in [-0.05, 0) is 69.9 Å². The Balaban J connectivity index is 3.22. The Morgan fingerprint density at radius 1 is 1.67 bits per heavy atom. The van der Waals surface area contributed by atoms with Gasteiger partial charge in [0.05, 0.1) is 17.1 Å². The van der Waals surface area contributed by atoms with Crippen molar-refractivity contribution in [1.82, 2.24) is 0 Å². The van der Waals surface area contributed by atoms with E-state index in [0.29, 0.717) is 14.5 Å². The molecule has 0 saturated carbocycles. The van der Waals surface area contributed by atoms with Crippen LogP contribution in [0.15, 0.2) is 10.5 Å². The van der Waals surface area contributed by atoms with Crippen molar-refractivity contribution in [1.29, 1.82) is 0 Å². The Bertz CT molecular complexity index is 466. The van der Waals surface area contributed by atoms with Gasteiger partial charge in [-0.3, -0.25) is 0 Å². The highest BCUT2D eigenvalue weighted by atomic mass is 127. The van der Waals surface area contributed by atoms with E-state index in [2.05, 4.69) is 20.7 Å². The van der Waals surface area contributed by atoms with E-state index in [4.69, 9.17) is 5.73 Å². The van der Waals surface area contributed by atoms with Crippen LogP contribution in [0.5, 0.6) is 0 Å². The molecule has 0 aliphatic heterocycles. The van der Waals surface area contributed by atoms with Gasteiger partial charge < -0.3 is 10.5 Å². The third-order valence-electron chi connectivity index (χ3n) is 2.50. The van der Waals surface area contributed by atoms with Crippen LogP contribution in [0.1, 0.15) is 29.3 Å². The van der Waals surface area contributed by atoms with Crippen molar-refractivity contribution in [3.8, 4) is 0 Å². The number of benzene rings is 1. The molecule has 100 valence electrons. The van der Waals surface area contributed by atoms with Gasteiger partial charge in [0.15, 0.2) is 0 Å². The molecule has 2 N–H and O–H groups in total. The van der Waals surface area contributed by atoms with E-state index in [1.807, 2.05) is 29.5 Å². The summed E-state index contributed by atoms with van der Waals surface area (Å²) in [5, 5.41) is 0. The van der Waals surface area contributed by atoms with Crippen molar-refractivity contribution < 1.29 is 13.9 Å². The lowest BCUT2D eigenvalue weighted by Gasteiger charge is -2.13. The van der Waals surface area contributed by atoms with E-state index >= 15 is 0 Å². The Morgan fingerprint density at radius 3 is 2.78 bits per heavy atom. The third-order valence-corrected chi connectivity index (χ3v) is 4.59. The number of hydrogen-bond acceptors (Lipinski definition) is 3. The van der Waals surface area contributed by atoms with Gasteiger partial charge in [-0.15, -0.1) is 0 Å². The lowest BCUT2D eigenvalue weighted by atomic mass is 10.0. The standard InChI is InChI=1S/C12H14BrFINO2/c1-6(16)3-4-7-10(13)9(14)5-8(11(7)15)12(17)18-2/h5-6H,3-4,16H2,1-2H3. The Hall–Kier alpha value is -0.210. The fraction of sp³-hybridized carbons (Fsp3) is 0.417. The second-order valence-electron chi connectivity index (χ2n) is 4.02. The van der Waals surface area contributed by atoms with Crippen molar-refractivity contribution in [2.75, 3.05) is 7.11 Å². The SMILES string of the molecule is COC(=O)c1cc(F)c(Br)c(CCC(C)N)c1I. The van der Waals surface area contributed by atoms with Crippen molar-refractivity contribution >= 4 is 44.5 Å². The molecule has 0 spiro atoms. The Kier molecular flexibility index (Phi) is 6.00. The van der Waals surface area contributed by atoms with Gasteiger partial charge in [0.1, 0.15) is 5.82 Å². The average Bonchev–Trinajstić information content (AvgIpc) is 2.32. The van der Waals surface area contributed by atoms with Crippen molar-refractivity contribution in [2.24, 2.45) is 5.73 Å². The highest BCUT2D eigenvalue weighted by Crippen LogP contribution is 2.30. The number of ether oxygens (including phenoxy) is 1. The van der Waals surface area contributed by atoms with Crippen LogP contribution in [0.4, 0.5) is 4.39 Å². The number of nitrogens with two attached hydrogens (primary N) is 1. The summed E-state index contributed by atoms with van der Waals surface area (Å²) in [5.41, 5.74) is 6.71. The summed E-state index contributed by atoms with van der Waals surface area (Å²) in [6.45, 7) is 1.89. The van der Waals surface area contributed by atoms with Crippen LogP contribution >= 0.6 is 38.5 Å². The molecule has 18 heavy (non-hydrogen) atoms. The molecule has 0 amide bonds. The first-order valence-electron chi connectivity index (χ1n) is 5.38. The molecule has 1 unspecified atom stereocenters. The predicted octanol–water partition coefficient (Wildman–Crippen LogP) is 3.26. The van der Waals surface area contributed by atoms with Crippen LogP contribution in [0.3, 0.4) is 0 Å². The predicted molar refractivity (Wildman–Crippen MR) is 80.1 cm³/mol. The molecule has 1 atom stereocenters. The Labute approximate surface area is 128 Å². The maximum Gasteiger partial charge on any atom is 0.339 e. The highest BCUT2D eigenvalue weighted by Gasteiger charge is 2.19. The quantitative estimate of drug-likeness (QED) is 0.454. The second-order valence-corrected chi connectivity index (χ2v) is 5.89. The number of halogens is 3. The molecule has 1 aromatic rings.